The fourth-order valence-corrected chi connectivity index (χ4v) is 6.33. The van der Waals surface area contributed by atoms with Gasteiger partial charge in [-0.15, -0.1) is 0 Å². The van der Waals surface area contributed by atoms with Crippen molar-refractivity contribution in [3.8, 4) is 0 Å². The summed E-state index contributed by atoms with van der Waals surface area (Å²) >= 11 is 0. The minimum Gasteiger partial charge on any atom is -0.325 e. The van der Waals surface area contributed by atoms with E-state index in [1.54, 1.807) is 36.4 Å². The summed E-state index contributed by atoms with van der Waals surface area (Å²) in [6.07, 6.45) is 2.04. The number of hydrogen-bond acceptors (Lipinski definition) is 6. The minimum absolute atomic E-state index is 0.0217. The lowest BCUT2D eigenvalue weighted by Gasteiger charge is -2.26. The van der Waals surface area contributed by atoms with Crippen LogP contribution in [-0.4, -0.2) is 34.3 Å². The number of hydrogen-bond donors (Lipinski definition) is 2. The van der Waals surface area contributed by atoms with Gasteiger partial charge in [-0.25, -0.2) is 21.8 Å². The number of aryl methyl sites for hydroxylation is 2. The number of carbonyl (C=O) groups is 1. The molecule has 0 aliphatic heterocycles. The van der Waals surface area contributed by atoms with E-state index in [1.165, 1.54) is 48.7 Å². The number of aromatic nitrogens is 1. The van der Waals surface area contributed by atoms with Crippen molar-refractivity contribution in [1.82, 2.24) is 4.98 Å². The number of pyridine rings is 1. The van der Waals surface area contributed by atoms with Crippen LogP contribution < -0.4 is 14.3 Å². The van der Waals surface area contributed by atoms with Gasteiger partial charge in [0.1, 0.15) is 12.4 Å². The topological polar surface area (TPSA) is 126 Å². The molecule has 202 valence electrons. The Hall–Kier alpha value is -4.22. The molecule has 1 aromatic heterocycles. The summed E-state index contributed by atoms with van der Waals surface area (Å²) < 4.78 is 56.1. The van der Waals surface area contributed by atoms with E-state index >= 15 is 0 Å². The van der Waals surface area contributed by atoms with Crippen LogP contribution in [0.4, 0.5) is 17.2 Å². The third-order valence-electron chi connectivity index (χ3n) is 5.89. The molecule has 0 aliphatic carbocycles. The first kappa shape index (κ1) is 27.8. The molecule has 1 heterocycles. The highest BCUT2D eigenvalue weighted by Crippen LogP contribution is 2.28. The van der Waals surface area contributed by atoms with Gasteiger partial charge in [0.05, 0.1) is 15.5 Å². The van der Waals surface area contributed by atoms with Gasteiger partial charge in [-0.3, -0.25) is 13.8 Å². The molecular weight excluding hydrogens is 536 g/mol. The number of anilines is 3. The van der Waals surface area contributed by atoms with Gasteiger partial charge < -0.3 is 5.32 Å². The number of sulfonamides is 2. The van der Waals surface area contributed by atoms with E-state index in [2.05, 4.69) is 15.0 Å². The van der Waals surface area contributed by atoms with Crippen molar-refractivity contribution in [2.75, 3.05) is 20.9 Å². The molecule has 39 heavy (non-hydrogen) atoms. The average molecular weight is 565 g/mol. The van der Waals surface area contributed by atoms with Crippen LogP contribution in [0, 0.1) is 6.92 Å². The van der Waals surface area contributed by atoms with Crippen molar-refractivity contribution in [1.29, 1.82) is 0 Å². The number of benzene rings is 3. The van der Waals surface area contributed by atoms with Crippen molar-refractivity contribution in [2.24, 2.45) is 0 Å². The smallest absolute Gasteiger partial charge is 0.264 e. The van der Waals surface area contributed by atoms with Crippen LogP contribution in [0.3, 0.4) is 0 Å². The highest BCUT2D eigenvalue weighted by atomic mass is 32.2. The predicted octanol–water partition coefficient (Wildman–Crippen LogP) is 4.59. The van der Waals surface area contributed by atoms with Crippen molar-refractivity contribution in [3.05, 3.63) is 108 Å². The molecule has 4 rings (SSSR count). The summed E-state index contributed by atoms with van der Waals surface area (Å²) in [4.78, 5) is 17.1. The number of carbonyl (C=O) groups excluding carboxylic acids is 1. The Morgan fingerprint density at radius 3 is 2.10 bits per heavy atom. The first-order valence-electron chi connectivity index (χ1n) is 12.1. The van der Waals surface area contributed by atoms with Crippen molar-refractivity contribution in [2.45, 2.75) is 30.1 Å². The zero-order valence-electron chi connectivity index (χ0n) is 21.4. The maximum atomic E-state index is 13.7. The Bertz CT molecular complexity index is 1660. The normalized spacial score (nSPS) is 11.5. The Labute approximate surface area is 228 Å². The Morgan fingerprint density at radius 1 is 0.821 bits per heavy atom. The highest BCUT2D eigenvalue weighted by Gasteiger charge is 2.28. The largest absolute Gasteiger partial charge is 0.325 e. The molecule has 0 radical (unpaired) electrons. The molecule has 0 saturated heterocycles. The van der Waals surface area contributed by atoms with Crippen LogP contribution in [0.15, 0.2) is 107 Å². The van der Waals surface area contributed by atoms with E-state index in [-0.39, 0.29) is 15.6 Å². The molecule has 2 N–H and O–H groups in total. The second-order valence-electron chi connectivity index (χ2n) is 8.70. The summed E-state index contributed by atoms with van der Waals surface area (Å²) in [7, 11) is -7.95. The van der Waals surface area contributed by atoms with E-state index in [1.807, 2.05) is 26.0 Å². The highest BCUT2D eigenvalue weighted by molar-refractivity contribution is 7.93. The van der Waals surface area contributed by atoms with Gasteiger partial charge in [0, 0.05) is 11.9 Å². The van der Waals surface area contributed by atoms with Crippen molar-refractivity contribution < 1.29 is 21.6 Å². The molecular formula is C28H28N4O5S2. The predicted molar refractivity (Wildman–Crippen MR) is 152 cm³/mol. The summed E-state index contributed by atoms with van der Waals surface area (Å²) in [6, 6.07) is 23.9. The molecule has 3 aromatic carbocycles. The summed E-state index contributed by atoms with van der Waals surface area (Å²) in [5.41, 5.74) is 2.41. The van der Waals surface area contributed by atoms with Crippen LogP contribution in [0.5, 0.6) is 0 Å². The van der Waals surface area contributed by atoms with Gasteiger partial charge in [-0.1, -0.05) is 48.9 Å². The molecule has 0 atom stereocenters. The molecule has 0 saturated carbocycles. The van der Waals surface area contributed by atoms with E-state index in [9.17, 15) is 21.6 Å². The van der Waals surface area contributed by atoms with Gasteiger partial charge in [0.2, 0.25) is 5.91 Å². The van der Waals surface area contributed by atoms with Gasteiger partial charge in [-0.05, 0) is 73.5 Å². The first-order valence-corrected chi connectivity index (χ1v) is 15.0. The Morgan fingerprint density at radius 2 is 1.46 bits per heavy atom. The summed E-state index contributed by atoms with van der Waals surface area (Å²) in [5.74, 6) is -0.407. The van der Waals surface area contributed by atoms with E-state index in [0.717, 1.165) is 15.4 Å². The van der Waals surface area contributed by atoms with Crippen molar-refractivity contribution >= 4 is 43.1 Å². The fourth-order valence-electron chi connectivity index (χ4n) is 3.86. The van der Waals surface area contributed by atoms with Crippen LogP contribution in [0.1, 0.15) is 18.1 Å². The fraction of sp³-hybridized carbons (Fsp3) is 0.143. The molecule has 0 unspecified atom stereocenters. The van der Waals surface area contributed by atoms with E-state index < -0.39 is 32.5 Å². The molecule has 0 aliphatic rings. The second kappa shape index (κ2) is 11.7. The van der Waals surface area contributed by atoms with Gasteiger partial charge in [0.15, 0.2) is 0 Å². The molecule has 0 bridgehead atoms. The standard InChI is InChI=1S/C28H28N4O5S2/c1-3-22-8-4-5-9-26(22)32(39(36,37)25-15-11-21(2)12-16-25)20-28(33)30-23-13-17-24(18-14-23)38(34,35)31-27-10-6-7-19-29-27/h4-19H,3,20H2,1-2H3,(H,29,31)(H,30,33). The first-order chi connectivity index (χ1) is 18.6. The second-order valence-corrected chi connectivity index (χ2v) is 12.2. The summed E-state index contributed by atoms with van der Waals surface area (Å²) in [5, 5.41) is 2.67. The molecule has 11 heteroatoms. The molecule has 9 nitrogen and oxygen atoms in total. The van der Waals surface area contributed by atoms with Crippen molar-refractivity contribution in [3.63, 3.8) is 0 Å². The number of rotatable bonds is 10. The lowest BCUT2D eigenvalue weighted by molar-refractivity contribution is -0.114. The lowest BCUT2D eigenvalue weighted by Crippen LogP contribution is -2.38. The number of para-hydroxylation sites is 1. The SMILES string of the molecule is CCc1ccccc1N(CC(=O)Nc1ccc(S(=O)(=O)Nc2ccccn2)cc1)S(=O)(=O)c1ccc(C)cc1. The van der Waals surface area contributed by atoms with Crippen LogP contribution in [0.25, 0.3) is 0 Å². The molecule has 0 fully saturated rings. The van der Waals surface area contributed by atoms with E-state index in [0.29, 0.717) is 17.8 Å². The maximum Gasteiger partial charge on any atom is 0.264 e. The third-order valence-corrected chi connectivity index (χ3v) is 9.03. The monoisotopic (exact) mass is 564 g/mol. The maximum absolute atomic E-state index is 13.7. The zero-order chi connectivity index (χ0) is 28.0. The van der Waals surface area contributed by atoms with Crippen LogP contribution in [-0.2, 0) is 31.3 Å². The summed E-state index contributed by atoms with van der Waals surface area (Å²) in [6.45, 7) is 3.29. The zero-order valence-corrected chi connectivity index (χ0v) is 23.0. The molecule has 4 aromatic rings. The lowest BCUT2D eigenvalue weighted by atomic mass is 10.1. The number of nitrogens with zero attached hydrogens (tertiary/aromatic N) is 2. The van der Waals surface area contributed by atoms with Crippen LogP contribution >= 0.6 is 0 Å². The van der Waals surface area contributed by atoms with Gasteiger partial charge in [-0.2, -0.15) is 0 Å². The van der Waals surface area contributed by atoms with Gasteiger partial charge >= 0.3 is 0 Å². The van der Waals surface area contributed by atoms with Crippen LogP contribution in [0.2, 0.25) is 0 Å². The molecule has 0 spiro atoms. The quantitative estimate of drug-likeness (QED) is 0.290. The minimum atomic E-state index is -4.07. The van der Waals surface area contributed by atoms with Gasteiger partial charge in [0.25, 0.3) is 20.0 Å². The Balaban J connectivity index is 1.56. The van der Waals surface area contributed by atoms with E-state index in [4.69, 9.17) is 0 Å². The molecule has 1 amide bonds. The Kier molecular flexibility index (Phi) is 8.32. The average Bonchev–Trinajstić information content (AvgIpc) is 2.92. The number of nitrogens with one attached hydrogen (secondary N) is 2. The third kappa shape index (κ3) is 6.62. The number of amides is 1.